The Morgan fingerprint density at radius 2 is 2.20 bits per heavy atom. The summed E-state index contributed by atoms with van der Waals surface area (Å²) in [5.41, 5.74) is 0.363. The van der Waals surface area contributed by atoms with Crippen LogP contribution in [0, 0.1) is 0 Å². The van der Waals surface area contributed by atoms with Crippen LogP contribution in [0.1, 0.15) is 17.3 Å². The van der Waals surface area contributed by atoms with Gasteiger partial charge >= 0.3 is 0 Å². The number of rotatable bonds is 4. The number of hydrogen-bond donors (Lipinski definition) is 1. The van der Waals surface area contributed by atoms with Gasteiger partial charge in [-0.2, -0.15) is 4.80 Å². The second kappa shape index (κ2) is 6.31. The Morgan fingerprint density at radius 3 is 2.80 bits per heavy atom. The predicted octanol–water partition coefficient (Wildman–Crippen LogP) is 2.48. The van der Waals surface area contributed by atoms with E-state index < -0.39 is 0 Å². The van der Waals surface area contributed by atoms with E-state index in [4.69, 9.17) is 4.74 Å². The Morgan fingerprint density at radius 1 is 1.45 bits per heavy atom. The van der Waals surface area contributed by atoms with Gasteiger partial charge in [0.2, 0.25) is 0 Å². The van der Waals surface area contributed by atoms with E-state index in [1.807, 2.05) is 6.92 Å². The fraction of sp³-hybridized carbons (Fsp3) is 0.273. The number of tetrazole rings is 1. The summed E-state index contributed by atoms with van der Waals surface area (Å²) in [4.78, 5) is 13.6. The van der Waals surface area contributed by atoms with E-state index in [1.54, 1.807) is 12.1 Å². The third-order valence-electron chi connectivity index (χ3n) is 2.42. The highest BCUT2D eigenvalue weighted by Gasteiger charge is 2.18. The average Bonchev–Trinajstić information content (AvgIpc) is 2.85. The zero-order valence-corrected chi connectivity index (χ0v) is 13.9. The Bertz CT molecular complexity index is 644. The number of aryl methyl sites for hydroxylation is 1. The summed E-state index contributed by atoms with van der Waals surface area (Å²) >= 11 is 6.68. The summed E-state index contributed by atoms with van der Waals surface area (Å²) in [6.07, 6.45) is 0. The van der Waals surface area contributed by atoms with Crippen molar-refractivity contribution in [1.29, 1.82) is 0 Å². The Hall–Kier alpha value is -1.48. The number of carbonyl (C=O) groups excluding carboxylic acids is 1. The van der Waals surface area contributed by atoms with Crippen molar-refractivity contribution in [2.24, 2.45) is 0 Å². The molecule has 0 saturated heterocycles. The largest absolute Gasteiger partial charge is 0.495 e. The molecule has 0 unspecified atom stereocenters. The van der Waals surface area contributed by atoms with E-state index >= 15 is 0 Å². The molecule has 0 radical (unpaired) electrons. The normalized spacial score (nSPS) is 10.4. The number of nitrogens with zero attached hydrogens (tertiary/aromatic N) is 4. The fourth-order valence-corrected chi connectivity index (χ4v) is 2.92. The van der Waals surface area contributed by atoms with E-state index in [2.05, 4.69) is 52.6 Å². The second-order valence-electron chi connectivity index (χ2n) is 3.72. The lowest BCUT2D eigenvalue weighted by Gasteiger charge is -2.10. The molecule has 0 spiro atoms. The van der Waals surface area contributed by atoms with E-state index in [9.17, 15) is 4.79 Å². The molecule has 20 heavy (non-hydrogen) atoms. The van der Waals surface area contributed by atoms with Gasteiger partial charge in [-0.1, -0.05) is 21.0 Å². The minimum atomic E-state index is -0.375. The molecule has 9 heteroatoms. The average molecular weight is 405 g/mol. The molecule has 1 N–H and O–H groups in total. The molecule has 0 atom stereocenters. The zero-order chi connectivity index (χ0) is 14.7. The molecule has 1 amide bonds. The number of halogens is 2. The third-order valence-corrected chi connectivity index (χ3v) is 3.47. The Balaban J connectivity index is 2.29. The van der Waals surface area contributed by atoms with Gasteiger partial charge in [0.1, 0.15) is 5.75 Å². The lowest BCUT2D eigenvalue weighted by Crippen LogP contribution is -2.15. The van der Waals surface area contributed by atoms with Crippen LogP contribution >= 0.6 is 31.9 Å². The summed E-state index contributed by atoms with van der Waals surface area (Å²) in [6.45, 7) is 2.45. The maximum atomic E-state index is 12.2. The molecule has 0 aliphatic heterocycles. The highest BCUT2D eigenvalue weighted by molar-refractivity contribution is 9.11. The van der Waals surface area contributed by atoms with Crippen molar-refractivity contribution in [3.05, 3.63) is 26.6 Å². The third kappa shape index (κ3) is 3.15. The van der Waals surface area contributed by atoms with E-state index in [0.29, 0.717) is 22.3 Å². The fourth-order valence-electron chi connectivity index (χ4n) is 1.53. The van der Waals surface area contributed by atoms with Crippen LogP contribution in [0.3, 0.4) is 0 Å². The second-order valence-corrected chi connectivity index (χ2v) is 5.49. The first-order valence-corrected chi connectivity index (χ1v) is 7.26. The van der Waals surface area contributed by atoms with Gasteiger partial charge in [0.25, 0.3) is 11.9 Å². The first kappa shape index (κ1) is 14.9. The number of anilines is 1. The highest BCUT2D eigenvalue weighted by atomic mass is 79.9. The van der Waals surface area contributed by atoms with Crippen molar-refractivity contribution in [1.82, 2.24) is 20.2 Å². The van der Waals surface area contributed by atoms with Crippen molar-refractivity contribution >= 4 is 43.7 Å². The van der Waals surface area contributed by atoms with Crippen molar-refractivity contribution < 1.29 is 9.53 Å². The van der Waals surface area contributed by atoms with Crippen LogP contribution in [0.25, 0.3) is 0 Å². The van der Waals surface area contributed by atoms with Crippen molar-refractivity contribution in [2.75, 3.05) is 12.4 Å². The van der Waals surface area contributed by atoms with Gasteiger partial charge in [-0.05, 0) is 40.2 Å². The van der Waals surface area contributed by atoms with Crippen LogP contribution in [0.5, 0.6) is 5.75 Å². The maximum absolute atomic E-state index is 12.2. The molecule has 1 aromatic carbocycles. The van der Waals surface area contributed by atoms with E-state index in [-0.39, 0.29) is 11.9 Å². The smallest absolute Gasteiger partial charge is 0.270 e. The lowest BCUT2D eigenvalue weighted by atomic mass is 10.2. The molecule has 0 fully saturated rings. The van der Waals surface area contributed by atoms with Crippen LogP contribution in [-0.2, 0) is 6.54 Å². The van der Waals surface area contributed by atoms with Gasteiger partial charge in [0, 0.05) is 4.47 Å². The number of amides is 1. The van der Waals surface area contributed by atoms with E-state index in [1.165, 1.54) is 11.9 Å². The summed E-state index contributed by atoms with van der Waals surface area (Å²) in [5.74, 6) is 0.211. The monoisotopic (exact) mass is 403 g/mol. The number of ether oxygens (including phenoxy) is 1. The number of nitrogens with one attached hydrogen (secondary N) is 1. The van der Waals surface area contributed by atoms with Crippen molar-refractivity contribution in [3.8, 4) is 5.75 Å². The van der Waals surface area contributed by atoms with Gasteiger partial charge in [0.15, 0.2) is 0 Å². The summed E-state index contributed by atoms with van der Waals surface area (Å²) in [7, 11) is 1.50. The summed E-state index contributed by atoms with van der Waals surface area (Å²) in [5, 5.41) is 14.1. The molecule has 0 bridgehead atoms. The van der Waals surface area contributed by atoms with Gasteiger partial charge in [-0.15, -0.1) is 5.10 Å². The number of carbonyl (C=O) groups is 1. The molecule has 1 aromatic heterocycles. The summed E-state index contributed by atoms with van der Waals surface area (Å²) < 4.78 is 6.65. The first-order valence-electron chi connectivity index (χ1n) is 5.67. The van der Waals surface area contributed by atoms with Crippen LogP contribution in [-0.4, -0.2) is 33.2 Å². The molecule has 0 aliphatic rings. The number of benzene rings is 1. The highest BCUT2D eigenvalue weighted by Crippen LogP contribution is 2.32. The maximum Gasteiger partial charge on any atom is 0.270 e. The number of aromatic nitrogens is 4. The first-order chi connectivity index (χ1) is 9.55. The van der Waals surface area contributed by atoms with Gasteiger partial charge in [0.05, 0.1) is 23.7 Å². The number of methoxy groups -OCH3 is 1. The quantitative estimate of drug-likeness (QED) is 0.846. The number of hydrogen-bond acceptors (Lipinski definition) is 5. The molecule has 106 valence electrons. The van der Waals surface area contributed by atoms with Crippen LogP contribution in [0.2, 0.25) is 0 Å². The predicted molar refractivity (Wildman–Crippen MR) is 79.8 cm³/mol. The van der Waals surface area contributed by atoms with Crippen LogP contribution in [0.4, 0.5) is 5.95 Å². The van der Waals surface area contributed by atoms with Gasteiger partial charge in [-0.25, -0.2) is 0 Å². The molecule has 7 nitrogen and oxygen atoms in total. The Kier molecular flexibility index (Phi) is 4.71. The Labute approximate surface area is 131 Å². The molecule has 0 aliphatic carbocycles. The van der Waals surface area contributed by atoms with Gasteiger partial charge in [-0.3, -0.25) is 10.1 Å². The topological polar surface area (TPSA) is 81.9 Å². The molecular formula is C11H11Br2N5O2. The van der Waals surface area contributed by atoms with Crippen LogP contribution < -0.4 is 10.1 Å². The van der Waals surface area contributed by atoms with Gasteiger partial charge < -0.3 is 4.74 Å². The summed E-state index contributed by atoms with van der Waals surface area (Å²) in [6, 6.07) is 3.45. The zero-order valence-electron chi connectivity index (χ0n) is 10.7. The molecular weight excluding hydrogens is 394 g/mol. The molecule has 1 heterocycles. The molecule has 2 aromatic rings. The standard InChI is InChI=1S/C11H11Br2N5O2/c1-3-18-16-11(15-17-18)14-10(19)7-4-6(12)5-8(13)9(7)20-2/h4-5H,3H2,1-2H3,(H,14,16,19). The molecule has 2 rings (SSSR count). The molecule has 0 saturated carbocycles. The van der Waals surface area contributed by atoms with Crippen molar-refractivity contribution in [2.45, 2.75) is 13.5 Å². The van der Waals surface area contributed by atoms with Crippen LogP contribution in [0.15, 0.2) is 21.1 Å². The van der Waals surface area contributed by atoms with Crippen molar-refractivity contribution in [3.63, 3.8) is 0 Å². The minimum absolute atomic E-state index is 0.148. The lowest BCUT2D eigenvalue weighted by molar-refractivity contribution is 0.102. The minimum Gasteiger partial charge on any atom is -0.495 e. The SMILES string of the molecule is CCn1nnc(NC(=O)c2cc(Br)cc(Br)c2OC)n1. The van der Waals surface area contributed by atoms with E-state index in [0.717, 1.165) is 4.47 Å².